The van der Waals surface area contributed by atoms with Gasteiger partial charge in [0.15, 0.2) is 14.7 Å². The lowest BCUT2D eigenvalue weighted by Crippen LogP contribution is -2.60. The van der Waals surface area contributed by atoms with Gasteiger partial charge in [0.25, 0.3) is 0 Å². The van der Waals surface area contributed by atoms with E-state index >= 15 is 0 Å². The van der Waals surface area contributed by atoms with E-state index in [0.29, 0.717) is 0 Å². The largest absolute Gasteiger partial charge is 0.304 e. The van der Waals surface area contributed by atoms with Crippen molar-refractivity contribution in [1.29, 1.82) is 5.26 Å². The van der Waals surface area contributed by atoms with Crippen LogP contribution in [0.4, 0.5) is 0 Å². The van der Waals surface area contributed by atoms with Crippen LogP contribution in [0.25, 0.3) is 0 Å². The van der Waals surface area contributed by atoms with Gasteiger partial charge in [-0.15, -0.1) is 0 Å². The summed E-state index contributed by atoms with van der Waals surface area (Å²) in [5, 5.41) is 13.1. The molecule has 0 aliphatic carbocycles. The molecule has 1 saturated heterocycles. The van der Waals surface area contributed by atoms with E-state index in [1.807, 2.05) is 30.1 Å². The van der Waals surface area contributed by atoms with Crippen molar-refractivity contribution in [1.82, 2.24) is 19.8 Å². The number of sulfone groups is 1. The molecule has 0 bridgehead atoms. The van der Waals surface area contributed by atoms with E-state index in [2.05, 4.69) is 17.0 Å². The van der Waals surface area contributed by atoms with Crippen molar-refractivity contribution >= 4 is 9.84 Å². The second-order valence-corrected chi connectivity index (χ2v) is 7.47. The van der Waals surface area contributed by atoms with Crippen LogP contribution >= 0.6 is 0 Å². The van der Waals surface area contributed by atoms with Gasteiger partial charge in [0, 0.05) is 32.4 Å². The SMILES string of the molecule is CN1CCN(N2C=C(C#N)S(=O)(=O)C[C@H]2N(C)C)CC1. The smallest absolute Gasteiger partial charge is 0.193 e. The van der Waals surface area contributed by atoms with Gasteiger partial charge in [-0.3, -0.25) is 9.91 Å². The number of rotatable bonds is 2. The molecule has 0 saturated carbocycles. The molecule has 0 unspecified atom stereocenters. The number of nitriles is 1. The summed E-state index contributed by atoms with van der Waals surface area (Å²) < 4.78 is 24.1. The third kappa shape index (κ3) is 2.96. The summed E-state index contributed by atoms with van der Waals surface area (Å²) in [6.07, 6.45) is 1.22. The van der Waals surface area contributed by atoms with Gasteiger partial charge >= 0.3 is 0 Å². The van der Waals surface area contributed by atoms with Gasteiger partial charge in [-0.1, -0.05) is 0 Å². The molecule has 2 heterocycles. The molecule has 7 nitrogen and oxygen atoms in total. The Kier molecular flexibility index (Phi) is 4.34. The van der Waals surface area contributed by atoms with Crippen molar-refractivity contribution in [2.45, 2.75) is 6.17 Å². The zero-order chi connectivity index (χ0) is 14.9. The summed E-state index contributed by atoms with van der Waals surface area (Å²) >= 11 is 0. The Labute approximate surface area is 120 Å². The number of piperazine rings is 1. The fourth-order valence-electron chi connectivity index (χ4n) is 2.43. The highest BCUT2D eigenvalue weighted by Crippen LogP contribution is 2.23. The first kappa shape index (κ1) is 15.3. The van der Waals surface area contributed by atoms with Crippen LogP contribution in [0, 0.1) is 11.3 Å². The number of likely N-dealkylation sites (N-methyl/N-ethyl adjacent to an activating group) is 1. The topological polar surface area (TPSA) is 70.9 Å². The average molecular weight is 299 g/mol. The van der Waals surface area contributed by atoms with E-state index in [4.69, 9.17) is 5.26 Å². The second-order valence-electron chi connectivity index (χ2n) is 5.47. The fraction of sp³-hybridized carbons (Fsp3) is 0.750. The number of nitrogens with zero attached hydrogens (tertiary/aromatic N) is 5. The first-order chi connectivity index (χ1) is 9.35. The molecule has 0 aromatic heterocycles. The number of hydrogen-bond donors (Lipinski definition) is 0. The minimum atomic E-state index is -3.47. The van der Waals surface area contributed by atoms with Crippen molar-refractivity contribution in [3.05, 3.63) is 11.1 Å². The number of allylic oxidation sites excluding steroid dienone is 1. The van der Waals surface area contributed by atoms with E-state index in [1.54, 1.807) is 0 Å². The van der Waals surface area contributed by atoms with Gasteiger partial charge < -0.3 is 4.90 Å². The lowest BCUT2D eigenvalue weighted by molar-refractivity contribution is -0.0764. The summed E-state index contributed by atoms with van der Waals surface area (Å²) in [7, 11) is 2.31. The predicted octanol–water partition coefficient (Wildman–Crippen LogP) is -0.868. The predicted molar refractivity (Wildman–Crippen MR) is 75.9 cm³/mol. The zero-order valence-electron chi connectivity index (χ0n) is 12.2. The van der Waals surface area contributed by atoms with Gasteiger partial charge in [-0.2, -0.15) is 5.26 Å². The Morgan fingerprint density at radius 2 is 1.90 bits per heavy atom. The monoisotopic (exact) mass is 299 g/mol. The minimum absolute atomic E-state index is 0.0499. The summed E-state index contributed by atoms with van der Waals surface area (Å²) in [5.74, 6) is -0.0499. The molecule has 0 N–H and O–H groups in total. The van der Waals surface area contributed by atoms with Crippen LogP contribution in [-0.2, 0) is 9.84 Å². The van der Waals surface area contributed by atoms with Crippen LogP contribution in [0.15, 0.2) is 11.1 Å². The molecule has 2 rings (SSSR count). The third-order valence-corrected chi connectivity index (χ3v) is 5.37. The second kappa shape index (κ2) is 5.69. The van der Waals surface area contributed by atoms with E-state index in [1.165, 1.54) is 6.20 Å². The van der Waals surface area contributed by atoms with Crippen LogP contribution in [0.5, 0.6) is 0 Å². The molecular weight excluding hydrogens is 278 g/mol. The first-order valence-electron chi connectivity index (χ1n) is 6.58. The van der Waals surface area contributed by atoms with E-state index in [0.717, 1.165) is 26.2 Å². The molecule has 112 valence electrons. The lowest BCUT2D eigenvalue weighted by atomic mass is 10.3. The van der Waals surface area contributed by atoms with Crippen LogP contribution < -0.4 is 0 Å². The Bertz CT molecular complexity index is 529. The van der Waals surface area contributed by atoms with Crippen molar-refractivity contribution in [3.8, 4) is 6.07 Å². The van der Waals surface area contributed by atoms with Crippen LogP contribution in [0.3, 0.4) is 0 Å². The zero-order valence-corrected chi connectivity index (χ0v) is 13.0. The maximum absolute atomic E-state index is 12.0. The lowest BCUT2D eigenvalue weighted by Gasteiger charge is -2.46. The van der Waals surface area contributed by atoms with E-state index < -0.39 is 9.84 Å². The van der Waals surface area contributed by atoms with Gasteiger partial charge in [0.2, 0.25) is 0 Å². The molecule has 0 amide bonds. The standard InChI is InChI=1S/C12H21N5O2S/c1-14(2)12-10-20(18,19)11(8-13)9-17(12)16-6-4-15(3)5-7-16/h9,12H,4-7,10H2,1-3H3/t12-/m0/s1. The third-order valence-electron chi connectivity index (χ3n) is 3.77. The van der Waals surface area contributed by atoms with E-state index in [9.17, 15) is 8.42 Å². The summed E-state index contributed by atoms with van der Waals surface area (Å²) in [5.41, 5.74) is 0. The highest BCUT2D eigenvalue weighted by molar-refractivity contribution is 7.95. The molecule has 0 aromatic rings. The molecule has 0 radical (unpaired) electrons. The molecule has 1 fully saturated rings. The average Bonchev–Trinajstić information content (AvgIpc) is 2.38. The summed E-state index contributed by atoms with van der Waals surface area (Å²) in [6.45, 7) is 3.52. The van der Waals surface area contributed by atoms with E-state index in [-0.39, 0.29) is 16.8 Å². The maximum atomic E-state index is 12.0. The van der Waals surface area contributed by atoms with Crippen LogP contribution in [0.1, 0.15) is 0 Å². The van der Waals surface area contributed by atoms with Crippen molar-refractivity contribution in [3.63, 3.8) is 0 Å². The Morgan fingerprint density at radius 1 is 1.30 bits per heavy atom. The summed E-state index contributed by atoms with van der Waals surface area (Å²) in [4.78, 5) is 3.96. The summed E-state index contributed by atoms with van der Waals surface area (Å²) in [6, 6.07) is 1.81. The normalized spacial score (nSPS) is 28.2. The number of hydrazine groups is 1. The highest BCUT2D eigenvalue weighted by atomic mass is 32.2. The molecule has 0 aromatic carbocycles. The first-order valence-corrected chi connectivity index (χ1v) is 8.23. The van der Waals surface area contributed by atoms with Crippen molar-refractivity contribution in [2.75, 3.05) is 53.1 Å². The molecule has 2 aliphatic rings. The van der Waals surface area contributed by atoms with Crippen molar-refractivity contribution in [2.24, 2.45) is 0 Å². The van der Waals surface area contributed by atoms with Crippen LogP contribution in [0.2, 0.25) is 0 Å². The molecule has 1 atom stereocenters. The maximum Gasteiger partial charge on any atom is 0.193 e. The molecule has 8 heteroatoms. The minimum Gasteiger partial charge on any atom is -0.304 e. The van der Waals surface area contributed by atoms with Gasteiger partial charge in [-0.05, 0) is 21.1 Å². The highest BCUT2D eigenvalue weighted by Gasteiger charge is 2.37. The molecule has 0 spiro atoms. The molecule has 20 heavy (non-hydrogen) atoms. The number of hydrogen-bond acceptors (Lipinski definition) is 7. The fourth-order valence-corrected chi connectivity index (χ4v) is 3.86. The van der Waals surface area contributed by atoms with Gasteiger partial charge in [0.05, 0.1) is 5.75 Å². The van der Waals surface area contributed by atoms with Crippen molar-refractivity contribution < 1.29 is 8.42 Å². The Hall–Kier alpha value is -1.14. The van der Waals surface area contributed by atoms with Gasteiger partial charge in [-0.25, -0.2) is 13.4 Å². The molecule has 2 aliphatic heterocycles. The van der Waals surface area contributed by atoms with Crippen LogP contribution in [-0.4, -0.2) is 87.5 Å². The quantitative estimate of drug-likeness (QED) is 0.656. The molecular formula is C12H21N5O2S. The van der Waals surface area contributed by atoms with Gasteiger partial charge in [0.1, 0.15) is 12.2 Å². The Morgan fingerprint density at radius 3 is 2.40 bits per heavy atom. The Balaban J connectivity index is 2.30.